The largest absolute Gasteiger partial charge is 0.307 e. The van der Waals surface area contributed by atoms with Crippen LogP contribution < -0.4 is 30.5 Å². The molecule has 374 valence electrons. The van der Waals surface area contributed by atoms with Crippen LogP contribution >= 0.6 is 0 Å². The number of hydrogen-bond donors (Lipinski definition) is 0. The molecule has 0 aliphatic carbocycles. The van der Waals surface area contributed by atoms with Gasteiger partial charge in [0.2, 0.25) is 0 Å². The summed E-state index contributed by atoms with van der Waals surface area (Å²) in [6.07, 6.45) is 0. The summed E-state index contributed by atoms with van der Waals surface area (Å²) in [5, 5.41) is 10.6. The highest BCUT2D eigenvalue weighted by molar-refractivity contribution is 6.90. The predicted molar refractivity (Wildman–Crippen MR) is 322 cm³/mol. The van der Waals surface area contributed by atoms with Crippen LogP contribution in [0.4, 0.5) is 51.7 Å². The molecule has 0 saturated heterocycles. The van der Waals surface area contributed by atoms with Gasteiger partial charge in [0, 0.05) is 45.4 Å². The molecule has 0 fully saturated rings. The topological polar surface area (TPSA) is 6.48 Å². The zero-order chi connectivity index (χ0) is 52.8. The number of nitrogens with zero attached hydrogens (tertiary/aromatic N) is 2. The second kappa shape index (κ2) is 18.7. The maximum Gasteiger partial charge on any atom is 0.150 e. The molecule has 0 N–H and O–H groups in total. The highest BCUT2D eigenvalue weighted by Gasteiger charge is 2.28. The van der Waals surface area contributed by atoms with Crippen molar-refractivity contribution in [3.8, 4) is 22.3 Å². The van der Waals surface area contributed by atoms with Gasteiger partial charge in [-0.25, -0.2) is 17.6 Å². The Balaban J connectivity index is 1.20. The van der Waals surface area contributed by atoms with Crippen LogP contribution in [-0.4, -0.2) is 32.3 Å². The van der Waals surface area contributed by atoms with Gasteiger partial charge in [0.15, 0.2) is 0 Å². The molecule has 0 aromatic heterocycles. The third-order valence-corrected chi connectivity index (χ3v) is 23.0. The standard InChI is InChI=1S/C64H64F4N2Si4/c1-71(2,3)47-25-13-41(14-26-47)53-37-61(57(67)39-55(53)65)69(45-21-29-49(30-22-45)73(7,8)9)59-35-19-43-18-34-52-60(36-20-44-17-33-51(59)63(43)64(44)52)70(46-23-31-50(32-24-46)74(10,11)12)62-38-54(56(66)40-58(62)68)42-15-27-48(28-16-42)72(4,5)6/h13-40H,1-12H3. The van der Waals surface area contributed by atoms with E-state index in [1.807, 2.05) is 70.5 Å². The van der Waals surface area contributed by atoms with Gasteiger partial charge in [0.1, 0.15) is 23.3 Å². The summed E-state index contributed by atoms with van der Waals surface area (Å²) in [5.41, 5.74) is 5.32. The van der Waals surface area contributed by atoms with Crippen LogP contribution in [0, 0.1) is 23.3 Å². The summed E-state index contributed by atoms with van der Waals surface area (Å²) in [6.45, 7) is 27.5. The maximum atomic E-state index is 16.9. The Morgan fingerprint density at radius 3 is 0.865 bits per heavy atom. The summed E-state index contributed by atoms with van der Waals surface area (Å²) in [4.78, 5) is 3.85. The smallest absolute Gasteiger partial charge is 0.150 e. The molecule has 0 aliphatic rings. The van der Waals surface area contributed by atoms with E-state index in [4.69, 9.17) is 0 Å². The second-order valence-corrected chi connectivity index (χ2v) is 44.4. The fourth-order valence-electron chi connectivity index (χ4n) is 10.4. The molecule has 0 atom stereocenters. The molecule has 10 aromatic carbocycles. The van der Waals surface area contributed by atoms with Crippen LogP contribution in [0.25, 0.3) is 54.6 Å². The van der Waals surface area contributed by atoms with Crippen molar-refractivity contribution in [2.75, 3.05) is 9.80 Å². The highest BCUT2D eigenvalue weighted by atomic mass is 28.3. The van der Waals surface area contributed by atoms with E-state index < -0.39 is 55.6 Å². The Bertz CT molecular complexity index is 3490. The van der Waals surface area contributed by atoms with E-state index >= 15 is 17.6 Å². The van der Waals surface area contributed by atoms with E-state index in [9.17, 15) is 0 Å². The molecule has 0 heterocycles. The fourth-order valence-corrected chi connectivity index (χ4v) is 15.0. The Morgan fingerprint density at radius 2 is 0.568 bits per heavy atom. The van der Waals surface area contributed by atoms with Gasteiger partial charge in [0.25, 0.3) is 0 Å². The van der Waals surface area contributed by atoms with Crippen molar-refractivity contribution in [1.82, 2.24) is 0 Å². The molecule has 10 heteroatoms. The lowest BCUT2D eigenvalue weighted by Crippen LogP contribution is -2.37. The third kappa shape index (κ3) is 9.46. The van der Waals surface area contributed by atoms with Crippen molar-refractivity contribution in [2.24, 2.45) is 0 Å². The molecular weight excluding hydrogens is 985 g/mol. The van der Waals surface area contributed by atoms with Crippen molar-refractivity contribution in [1.29, 1.82) is 0 Å². The number of rotatable bonds is 12. The van der Waals surface area contributed by atoms with Crippen molar-refractivity contribution in [3.63, 3.8) is 0 Å². The van der Waals surface area contributed by atoms with E-state index in [1.54, 1.807) is 12.1 Å². The second-order valence-electron chi connectivity index (χ2n) is 24.1. The first-order valence-electron chi connectivity index (χ1n) is 25.6. The maximum absolute atomic E-state index is 16.9. The molecule has 0 spiro atoms. The molecule has 0 bridgehead atoms. The molecule has 0 aliphatic heterocycles. The van der Waals surface area contributed by atoms with E-state index in [1.165, 1.54) is 20.7 Å². The van der Waals surface area contributed by atoms with Gasteiger partial charge in [-0.2, -0.15) is 0 Å². The van der Waals surface area contributed by atoms with Crippen LogP contribution in [0.2, 0.25) is 78.6 Å². The minimum atomic E-state index is -1.72. The zero-order valence-electron chi connectivity index (χ0n) is 44.6. The predicted octanol–water partition coefficient (Wildman–Crippen LogP) is 17.6. The van der Waals surface area contributed by atoms with Gasteiger partial charge in [-0.15, -0.1) is 0 Å². The van der Waals surface area contributed by atoms with Gasteiger partial charge >= 0.3 is 0 Å². The van der Waals surface area contributed by atoms with Crippen LogP contribution in [-0.2, 0) is 0 Å². The Kier molecular flexibility index (Phi) is 12.8. The van der Waals surface area contributed by atoms with E-state index in [2.05, 4.69) is 163 Å². The first-order valence-corrected chi connectivity index (χ1v) is 39.6. The zero-order valence-corrected chi connectivity index (χ0v) is 48.6. The minimum Gasteiger partial charge on any atom is -0.307 e. The molecule has 10 rings (SSSR count). The van der Waals surface area contributed by atoms with E-state index in [0.29, 0.717) is 22.3 Å². The Morgan fingerprint density at radius 1 is 0.284 bits per heavy atom. The summed E-state index contributed by atoms with van der Waals surface area (Å²) in [5.74, 6) is -2.63. The van der Waals surface area contributed by atoms with E-state index in [-0.39, 0.29) is 11.4 Å². The lowest BCUT2D eigenvalue weighted by Gasteiger charge is -2.30. The molecule has 10 aromatic rings. The minimum absolute atomic E-state index is 0.220. The average molecular weight is 1050 g/mol. The molecular formula is C64H64F4N2Si4. The highest BCUT2D eigenvalue weighted by Crippen LogP contribution is 2.49. The normalized spacial score (nSPS) is 12.6. The monoisotopic (exact) mass is 1050 g/mol. The average Bonchev–Trinajstić information content (AvgIpc) is 3.36. The number of anilines is 6. The van der Waals surface area contributed by atoms with Crippen molar-refractivity contribution in [3.05, 3.63) is 193 Å². The van der Waals surface area contributed by atoms with Crippen molar-refractivity contribution >= 4 is 119 Å². The summed E-state index contributed by atoms with van der Waals surface area (Å²) < 4.78 is 66.2. The van der Waals surface area contributed by atoms with Gasteiger partial charge in [-0.1, -0.05) is 209 Å². The number of benzene rings is 10. The Labute approximate surface area is 438 Å². The summed E-state index contributed by atoms with van der Waals surface area (Å²) in [6, 6.07) is 54.7. The van der Waals surface area contributed by atoms with Crippen LogP contribution in [0.15, 0.2) is 170 Å². The molecule has 2 nitrogen and oxygen atoms in total. The fraction of sp³-hybridized carbons (Fsp3) is 0.188. The van der Waals surface area contributed by atoms with Gasteiger partial charge in [-0.05, 0) is 81.2 Å². The summed E-state index contributed by atoms with van der Waals surface area (Å²) in [7, 11) is -6.72. The quantitative estimate of drug-likeness (QED) is 0.0683. The van der Waals surface area contributed by atoms with Gasteiger partial charge < -0.3 is 9.80 Å². The van der Waals surface area contributed by atoms with Gasteiger partial charge in [0.05, 0.1) is 55.0 Å². The molecule has 0 saturated carbocycles. The SMILES string of the molecule is C[Si](C)(C)c1ccc(-c2cc(N(c3ccc([Si](C)(C)C)cc3)c3ccc4ccc5c(N(c6ccc([Si](C)(C)C)cc6)c6cc(-c7ccc([Si](C)(C)C)cc7)c(F)cc6F)ccc6ccc3c4c65)c(F)cc2F)cc1. The number of hydrogen-bond acceptors (Lipinski definition) is 2. The lowest BCUT2D eigenvalue weighted by molar-refractivity contribution is 0.586. The van der Waals surface area contributed by atoms with Crippen molar-refractivity contribution in [2.45, 2.75) is 78.6 Å². The molecule has 74 heavy (non-hydrogen) atoms. The van der Waals surface area contributed by atoms with Gasteiger partial charge in [-0.3, -0.25) is 0 Å². The van der Waals surface area contributed by atoms with E-state index in [0.717, 1.165) is 67.2 Å². The van der Waals surface area contributed by atoms with Crippen LogP contribution in [0.3, 0.4) is 0 Å². The molecule has 0 unspecified atom stereocenters. The lowest BCUT2D eigenvalue weighted by atomic mass is 9.91. The van der Waals surface area contributed by atoms with Crippen LogP contribution in [0.1, 0.15) is 0 Å². The third-order valence-electron chi connectivity index (χ3n) is 14.8. The van der Waals surface area contributed by atoms with Crippen LogP contribution in [0.5, 0.6) is 0 Å². The first kappa shape index (κ1) is 50.9. The molecule has 0 radical (unpaired) electrons. The summed E-state index contributed by atoms with van der Waals surface area (Å²) >= 11 is 0. The Hall–Kier alpha value is -6.57. The first-order chi connectivity index (χ1) is 34.9. The number of halogens is 4. The van der Waals surface area contributed by atoms with Crippen molar-refractivity contribution < 1.29 is 17.6 Å². The molecule has 0 amide bonds.